The van der Waals surface area contributed by atoms with Crippen LogP contribution in [0.3, 0.4) is 0 Å². The van der Waals surface area contributed by atoms with E-state index < -0.39 is 35.2 Å². The maximum Gasteiger partial charge on any atom is 0.326 e. The van der Waals surface area contributed by atoms with E-state index in [0.29, 0.717) is 0 Å². The first-order chi connectivity index (χ1) is 9.81. The fourth-order valence-corrected chi connectivity index (χ4v) is 1.50. The number of carbonyl (C=O) groups excluding carboxylic acids is 1. The van der Waals surface area contributed by atoms with Gasteiger partial charge in [-0.15, -0.1) is 0 Å². The van der Waals surface area contributed by atoms with E-state index in [2.05, 4.69) is 5.32 Å². The highest BCUT2D eigenvalue weighted by Crippen LogP contribution is 2.12. The molecule has 0 heterocycles. The Labute approximate surface area is 123 Å². The molecule has 0 saturated carbocycles. The van der Waals surface area contributed by atoms with Gasteiger partial charge < -0.3 is 21.0 Å². The topological polar surface area (TPSA) is 178 Å². The molecule has 0 aliphatic carbocycles. The Morgan fingerprint density at radius 1 is 1.18 bits per heavy atom. The number of aliphatic carboxylic acids is 2. The maximum absolute atomic E-state index is 11.8. The third kappa shape index (κ3) is 5.54. The van der Waals surface area contributed by atoms with Gasteiger partial charge in [0.25, 0.3) is 11.6 Å². The molecule has 1 aromatic carbocycles. The number of carboxylic acid groups (broad SMARTS) is 2. The van der Waals surface area contributed by atoms with E-state index in [-0.39, 0.29) is 23.1 Å². The molecule has 1 atom stereocenters. The van der Waals surface area contributed by atoms with Crippen molar-refractivity contribution in [2.24, 2.45) is 0 Å². The Hall–Kier alpha value is -3.01. The Balaban J connectivity index is 0.00000441. The summed E-state index contributed by atoms with van der Waals surface area (Å²) in [5.74, 6) is -3.28. The third-order valence-electron chi connectivity index (χ3n) is 2.59. The molecule has 5 N–H and O–H groups in total. The van der Waals surface area contributed by atoms with Crippen LogP contribution in [-0.4, -0.2) is 44.5 Å². The van der Waals surface area contributed by atoms with Crippen molar-refractivity contribution in [1.29, 1.82) is 0 Å². The van der Waals surface area contributed by atoms with Crippen LogP contribution >= 0.6 is 0 Å². The van der Waals surface area contributed by atoms with E-state index >= 15 is 0 Å². The normalized spacial score (nSPS) is 10.9. The second kappa shape index (κ2) is 8.32. The molecular weight excluding hydrogens is 300 g/mol. The van der Waals surface area contributed by atoms with Gasteiger partial charge in [0.2, 0.25) is 0 Å². The van der Waals surface area contributed by atoms with Gasteiger partial charge in [0, 0.05) is 24.1 Å². The molecule has 0 saturated heterocycles. The zero-order valence-electron chi connectivity index (χ0n) is 11.2. The van der Waals surface area contributed by atoms with Crippen molar-refractivity contribution >= 4 is 23.5 Å². The fourth-order valence-electron chi connectivity index (χ4n) is 1.50. The van der Waals surface area contributed by atoms with Gasteiger partial charge in [-0.2, -0.15) is 0 Å². The average molecular weight is 314 g/mol. The summed E-state index contributed by atoms with van der Waals surface area (Å²) in [6, 6.07) is 3.25. The number of nitrogens with zero attached hydrogens (tertiary/aromatic N) is 1. The van der Waals surface area contributed by atoms with E-state index in [1.165, 1.54) is 12.1 Å². The van der Waals surface area contributed by atoms with Gasteiger partial charge in [-0.25, -0.2) is 4.79 Å². The molecule has 0 spiro atoms. The molecule has 1 aromatic rings. The van der Waals surface area contributed by atoms with Gasteiger partial charge >= 0.3 is 11.9 Å². The van der Waals surface area contributed by atoms with Crippen LogP contribution < -0.4 is 5.32 Å². The molecule has 0 radical (unpaired) electrons. The van der Waals surface area contributed by atoms with E-state index in [1.54, 1.807) is 0 Å². The lowest BCUT2D eigenvalue weighted by atomic mass is 10.1. The number of carbonyl (C=O) groups is 3. The van der Waals surface area contributed by atoms with Crippen molar-refractivity contribution in [1.82, 2.24) is 5.32 Å². The van der Waals surface area contributed by atoms with Crippen LogP contribution in [-0.2, 0) is 9.59 Å². The van der Waals surface area contributed by atoms with Crippen LogP contribution in [0.5, 0.6) is 0 Å². The maximum atomic E-state index is 11.8. The zero-order valence-corrected chi connectivity index (χ0v) is 11.2. The second-order valence-corrected chi connectivity index (χ2v) is 4.10. The molecule has 10 heteroatoms. The predicted octanol–water partition coefficient (Wildman–Crippen LogP) is -0.182. The van der Waals surface area contributed by atoms with Gasteiger partial charge in [-0.3, -0.25) is 19.7 Å². The molecule has 10 nitrogen and oxygen atoms in total. The lowest BCUT2D eigenvalue weighted by molar-refractivity contribution is -0.384. The van der Waals surface area contributed by atoms with E-state index in [9.17, 15) is 24.5 Å². The first-order valence-corrected chi connectivity index (χ1v) is 5.81. The quantitative estimate of drug-likeness (QED) is 0.461. The van der Waals surface area contributed by atoms with E-state index in [0.717, 1.165) is 12.1 Å². The summed E-state index contributed by atoms with van der Waals surface area (Å²) in [6.45, 7) is 0. The summed E-state index contributed by atoms with van der Waals surface area (Å²) < 4.78 is 0. The summed E-state index contributed by atoms with van der Waals surface area (Å²) in [4.78, 5) is 43.0. The molecule has 0 fully saturated rings. The van der Waals surface area contributed by atoms with E-state index in [4.69, 9.17) is 10.2 Å². The fraction of sp³-hybridized carbons (Fsp3) is 0.250. The number of nitrogens with one attached hydrogen (secondary N) is 1. The van der Waals surface area contributed by atoms with Gasteiger partial charge in [0.15, 0.2) is 0 Å². The lowest BCUT2D eigenvalue weighted by Gasteiger charge is -2.13. The number of hydrogen-bond acceptors (Lipinski definition) is 5. The minimum absolute atomic E-state index is 0. The van der Waals surface area contributed by atoms with Crippen LogP contribution in [0.2, 0.25) is 0 Å². The monoisotopic (exact) mass is 314 g/mol. The number of carboxylic acids is 2. The minimum Gasteiger partial charge on any atom is -0.481 e. The summed E-state index contributed by atoms with van der Waals surface area (Å²) in [5.41, 5.74) is -0.158. The number of nitro benzene ring substituents is 1. The highest BCUT2D eigenvalue weighted by molar-refractivity contribution is 5.96. The number of benzene rings is 1. The van der Waals surface area contributed by atoms with Crippen molar-refractivity contribution in [2.45, 2.75) is 18.9 Å². The van der Waals surface area contributed by atoms with Crippen molar-refractivity contribution < 1.29 is 35.0 Å². The largest absolute Gasteiger partial charge is 0.481 e. The molecule has 1 amide bonds. The van der Waals surface area contributed by atoms with Crippen LogP contribution in [0, 0.1) is 10.1 Å². The number of nitro groups is 1. The van der Waals surface area contributed by atoms with Gasteiger partial charge in [-0.1, -0.05) is 0 Å². The SMILES string of the molecule is O.O=C(O)CCC(NC(=O)c1ccc([N+](=O)[O-])cc1)C(=O)O. The molecule has 0 aliphatic heterocycles. The minimum atomic E-state index is -1.36. The molecule has 1 unspecified atom stereocenters. The molecule has 22 heavy (non-hydrogen) atoms. The lowest BCUT2D eigenvalue weighted by Crippen LogP contribution is -2.41. The molecular formula is C12H14N2O8. The Morgan fingerprint density at radius 2 is 1.73 bits per heavy atom. The molecule has 0 aliphatic rings. The van der Waals surface area contributed by atoms with Crippen molar-refractivity contribution in [3.8, 4) is 0 Å². The second-order valence-electron chi connectivity index (χ2n) is 4.10. The third-order valence-corrected chi connectivity index (χ3v) is 2.59. The zero-order chi connectivity index (χ0) is 16.0. The summed E-state index contributed by atoms with van der Waals surface area (Å²) in [6.07, 6.45) is -0.666. The van der Waals surface area contributed by atoms with Crippen molar-refractivity contribution in [3.05, 3.63) is 39.9 Å². The van der Waals surface area contributed by atoms with Crippen molar-refractivity contribution in [2.75, 3.05) is 0 Å². The van der Waals surface area contributed by atoms with Gasteiger partial charge in [0.1, 0.15) is 6.04 Å². The standard InChI is InChI=1S/C12H12N2O7.H2O/c15-10(16)6-5-9(12(18)19)13-11(17)7-1-3-8(4-2-7)14(20)21;/h1-4,9H,5-6H2,(H,13,17)(H,15,16)(H,18,19);1H2. The summed E-state index contributed by atoms with van der Waals surface area (Å²) in [5, 5.41) is 30.0. The number of rotatable bonds is 7. The average Bonchev–Trinajstić information content (AvgIpc) is 2.42. The first kappa shape index (κ1) is 19.0. The summed E-state index contributed by atoms with van der Waals surface area (Å²) >= 11 is 0. The highest BCUT2D eigenvalue weighted by Gasteiger charge is 2.21. The molecule has 0 bridgehead atoms. The van der Waals surface area contributed by atoms with E-state index in [1.807, 2.05) is 0 Å². The Morgan fingerprint density at radius 3 is 2.14 bits per heavy atom. The predicted molar refractivity (Wildman–Crippen MR) is 72.5 cm³/mol. The molecule has 1 rings (SSSR count). The Kier molecular flexibility index (Phi) is 7.18. The number of non-ortho nitro benzene ring substituents is 1. The summed E-state index contributed by atoms with van der Waals surface area (Å²) in [7, 11) is 0. The van der Waals surface area contributed by atoms with Gasteiger partial charge in [-0.05, 0) is 18.6 Å². The van der Waals surface area contributed by atoms with Gasteiger partial charge in [0.05, 0.1) is 4.92 Å². The molecule has 120 valence electrons. The number of hydrogen-bond donors (Lipinski definition) is 3. The highest BCUT2D eigenvalue weighted by atomic mass is 16.6. The smallest absolute Gasteiger partial charge is 0.326 e. The van der Waals surface area contributed by atoms with Crippen LogP contribution in [0.4, 0.5) is 5.69 Å². The Bertz CT molecular complexity index is 569. The van der Waals surface area contributed by atoms with Crippen LogP contribution in [0.15, 0.2) is 24.3 Å². The number of amides is 1. The molecule has 0 aromatic heterocycles. The van der Waals surface area contributed by atoms with Crippen LogP contribution in [0.1, 0.15) is 23.2 Å². The first-order valence-electron chi connectivity index (χ1n) is 5.81. The van der Waals surface area contributed by atoms with Crippen molar-refractivity contribution in [3.63, 3.8) is 0 Å². The van der Waals surface area contributed by atoms with Crippen LogP contribution in [0.25, 0.3) is 0 Å².